The highest BCUT2D eigenvalue weighted by Crippen LogP contribution is 2.23. The van der Waals surface area contributed by atoms with Gasteiger partial charge in [-0.15, -0.1) is 0 Å². The second kappa shape index (κ2) is 7.39. The Morgan fingerprint density at radius 2 is 1.50 bits per heavy atom. The summed E-state index contributed by atoms with van der Waals surface area (Å²) < 4.78 is 5.04. The number of esters is 1. The van der Waals surface area contributed by atoms with Gasteiger partial charge in [-0.3, -0.25) is 4.79 Å². The lowest BCUT2D eigenvalue weighted by Gasteiger charge is -2.24. The third-order valence-electron chi connectivity index (χ3n) is 3.55. The van der Waals surface area contributed by atoms with Gasteiger partial charge in [0.15, 0.2) is 0 Å². The summed E-state index contributed by atoms with van der Waals surface area (Å²) >= 11 is 0. The van der Waals surface area contributed by atoms with E-state index in [1.54, 1.807) is 13.8 Å². The van der Waals surface area contributed by atoms with Crippen molar-refractivity contribution in [1.82, 2.24) is 0 Å². The number of hydrogen-bond acceptors (Lipinski definition) is 3. The smallest absolute Gasteiger partial charge is 0.345 e. The summed E-state index contributed by atoms with van der Waals surface area (Å²) in [6.45, 7) is 11.8. The molecule has 0 aromatic carbocycles. The molecule has 0 radical (unpaired) electrons. The van der Waals surface area contributed by atoms with Gasteiger partial charge in [0.05, 0.1) is 0 Å². The van der Waals surface area contributed by atoms with Gasteiger partial charge in [-0.2, -0.15) is 0 Å². The summed E-state index contributed by atoms with van der Waals surface area (Å²) in [6, 6.07) is 0. The molecule has 4 nitrogen and oxygen atoms in total. The predicted molar refractivity (Wildman–Crippen MR) is 70.1 cm³/mol. The van der Waals surface area contributed by atoms with Crippen molar-refractivity contribution in [2.24, 2.45) is 23.7 Å². The summed E-state index contributed by atoms with van der Waals surface area (Å²) in [4.78, 5) is 22.6. The molecule has 0 amide bonds. The van der Waals surface area contributed by atoms with E-state index >= 15 is 0 Å². The predicted octanol–water partition coefficient (Wildman–Crippen LogP) is 2.96. The van der Waals surface area contributed by atoms with Crippen molar-refractivity contribution in [3.8, 4) is 0 Å². The van der Waals surface area contributed by atoms with Crippen LogP contribution in [-0.2, 0) is 14.3 Å². The molecule has 18 heavy (non-hydrogen) atoms. The summed E-state index contributed by atoms with van der Waals surface area (Å²) in [5, 5.41) is 8.95. The first-order chi connectivity index (χ1) is 8.16. The minimum Gasteiger partial charge on any atom is -0.478 e. The lowest BCUT2D eigenvalue weighted by Crippen LogP contribution is -2.32. The first kappa shape index (κ1) is 16.9. The molecule has 0 saturated carbocycles. The van der Waals surface area contributed by atoms with Crippen LogP contribution in [0.5, 0.6) is 0 Å². The number of rotatable bonds is 7. The van der Waals surface area contributed by atoms with Gasteiger partial charge in [-0.05, 0) is 17.8 Å². The number of ether oxygens (including phenoxy) is 1. The summed E-state index contributed by atoms with van der Waals surface area (Å²) in [7, 11) is 0. The van der Waals surface area contributed by atoms with Crippen LogP contribution in [0.3, 0.4) is 0 Å². The largest absolute Gasteiger partial charge is 0.478 e. The van der Waals surface area contributed by atoms with Crippen molar-refractivity contribution in [3.05, 3.63) is 0 Å². The number of carboxylic acids is 1. The quantitative estimate of drug-likeness (QED) is 0.713. The minimum atomic E-state index is -1.08. The lowest BCUT2D eigenvalue weighted by atomic mass is 9.84. The van der Waals surface area contributed by atoms with Gasteiger partial charge in [-0.1, -0.05) is 41.5 Å². The molecule has 1 N–H and O–H groups in total. The Labute approximate surface area is 110 Å². The van der Waals surface area contributed by atoms with Crippen LogP contribution >= 0.6 is 0 Å². The number of carboxylic acid groups (broad SMARTS) is 1. The molecule has 0 fully saturated rings. The van der Waals surface area contributed by atoms with E-state index in [-0.39, 0.29) is 18.3 Å². The molecule has 0 saturated heterocycles. The van der Waals surface area contributed by atoms with Gasteiger partial charge in [0.25, 0.3) is 0 Å². The molecule has 4 heteroatoms. The van der Waals surface area contributed by atoms with Crippen LogP contribution in [0.2, 0.25) is 0 Å². The molecule has 106 valence electrons. The van der Waals surface area contributed by atoms with E-state index in [2.05, 4.69) is 20.8 Å². The van der Waals surface area contributed by atoms with Gasteiger partial charge >= 0.3 is 11.9 Å². The Kier molecular flexibility index (Phi) is 6.96. The normalized spacial score (nSPS) is 16.4. The van der Waals surface area contributed by atoms with Gasteiger partial charge in [0, 0.05) is 12.3 Å². The average Bonchev–Trinajstić information content (AvgIpc) is 2.23. The maximum Gasteiger partial charge on any atom is 0.345 e. The molecule has 3 atom stereocenters. The Morgan fingerprint density at radius 1 is 1.00 bits per heavy atom. The maximum atomic E-state index is 11.7. The molecule has 0 bridgehead atoms. The summed E-state index contributed by atoms with van der Waals surface area (Å²) in [6.07, 6.45) is -0.769. The van der Waals surface area contributed by atoms with E-state index in [0.717, 1.165) is 0 Å². The Morgan fingerprint density at radius 3 is 1.83 bits per heavy atom. The highest BCUT2D eigenvalue weighted by molar-refractivity contribution is 5.78. The van der Waals surface area contributed by atoms with Crippen molar-refractivity contribution >= 4 is 11.9 Å². The Bertz CT molecular complexity index is 284. The number of hydrogen-bond donors (Lipinski definition) is 1. The monoisotopic (exact) mass is 258 g/mol. The molecule has 0 spiro atoms. The average molecular weight is 258 g/mol. The molecule has 0 unspecified atom stereocenters. The van der Waals surface area contributed by atoms with Crippen molar-refractivity contribution in [1.29, 1.82) is 0 Å². The third-order valence-corrected chi connectivity index (χ3v) is 3.55. The topological polar surface area (TPSA) is 63.6 Å². The number of carbonyl (C=O) groups is 2. The van der Waals surface area contributed by atoms with Crippen LogP contribution in [0.1, 0.15) is 48.0 Å². The molecule has 0 aliphatic carbocycles. The van der Waals surface area contributed by atoms with Crippen LogP contribution in [0.15, 0.2) is 0 Å². The van der Waals surface area contributed by atoms with E-state index < -0.39 is 18.0 Å². The standard InChI is InChI=1S/C14H26O4/c1-8(2)11(6)10(5)7-12(15)18-13(9(3)4)14(16)17/h8-11,13H,7H2,1-6H3,(H,16,17)/t10-,11+,13-/m0/s1. The molecule has 0 heterocycles. The van der Waals surface area contributed by atoms with Gasteiger partial charge in [0.1, 0.15) is 0 Å². The van der Waals surface area contributed by atoms with E-state index in [4.69, 9.17) is 9.84 Å². The van der Waals surface area contributed by atoms with Crippen molar-refractivity contribution in [2.75, 3.05) is 0 Å². The molecule has 0 aliphatic rings. The van der Waals surface area contributed by atoms with Crippen LogP contribution < -0.4 is 0 Å². The highest BCUT2D eigenvalue weighted by Gasteiger charge is 2.27. The Balaban J connectivity index is 4.37. The van der Waals surface area contributed by atoms with Gasteiger partial charge < -0.3 is 9.84 Å². The van der Waals surface area contributed by atoms with E-state index in [1.165, 1.54) is 0 Å². The number of aliphatic carboxylic acids is 1. The number of carbonyl (C=O) groups excluding carboxylic acids is 1. The van der Waals surface area contributed by atoms with E-state index in [1.807, 2.05) is 6.92 Å². The van der Waals surface area contributed by atoms with Crippen LogP contribution in [-0.4, -0.2) is 23.1 Å². The zero-order chi connectivity index (χ0) is 14.5. The van der Waals surface area contributed by atoms with Gasteiger partial charge in [0.2, 0.25) is 6.10 Å². The van der Waals surface area contributed by atoms with Gasteiger partial charge in [-0.25, -0.2) is 4.79 Å². The highest BCUT2D eigenvalue weighted by atomic mass is 16.6. The fourth-order valence-corrected chi connectivity index (χ4v) is 1.77. The fourth-order valence-electron chi connectivity index (χ4n) is 1.77. The molecule has 0 aromatic rings. The molecule has 0 aromatic heterocycles. The van der Waals surface area contributed by atoms with Crippen molar-refractivity contribution < 1.29 is 19.4 Å². The SMILES string of the molecule is CC(C)[C@H](OC(=O)C[C@H](C)[C@H](C)C(C)C)C(=O)O. The molecular weight excluding hydrogens is 232 g/mol. The second-order valence-electron chi connectivity index (χ2n) is 5.78. The first-order valence-electron chi connectivity index (χ1n) is 6.59. The lowest BCUT2D eigenvalue weighted by molar-refractivity contribution is -0.168. The molecule has 0 aliphatic heterocycles. The van der Waals surface area contributed by atoms with Crippen molar-refractivity contribution in [2.45, 2.75) is 54.1 Å². The zero-order valence-corrected chi connectivity index (χ0v) is 12.3. The van der Waals surface area contributed by atoms with Crippen molar-refractivity contribution in [3.63, 3.8) is 0 Å². The second-order valence-corrected chi connectivity index (χ2v) is 5.78. The molecule has 0 rings (SSSR count). The van der Waals surface area contributed by atoms with E-state index in [9.17, 15) is 9.59 Å². The maximum absolute atomic E-state index is 11.7. The first-order valence-corrected chi connectivity index (χ1v) is 6.59. The summed E-state index contributed by atoms with van der Waals surface area (Å²) in [5.41, 5.74) is 0. The zero-order valence-electron chi connectivity index (χ0n) is 12.3. The third kappa shape index (κ3) is 5.52. The fraction of sp³-hybridized carbons (Fsp3) is 0.857. The van der Waals surface area contributed by atoms with Crippen LogP contribution in [0, 0.1) is 23.7 Å². The van der Waals surface area contributed by atoms with E-state index in [0.29, 0.717) is 11.8 Å². The van der Waals surface area contributed by atoms with Crippen LogP contribution in [0.4, 0.5) is 0 Å². The Hall–Kier alpha value is -1.06. The molecular formula is C14H26O4. The minimum absolute atomic E-state index is 0.194. The summed E-state index contributed by atoms with van der Waals surface area (Å²) in [5.74, 6) is -0.629. The van der Waals surface area contributed by atoms with Crippen LogP contribution in [0.25, 0.3) is 0 Å².